The lowest BCUT2D eigenvalue weighted by molar-refractivity contribution is -0.135. The number of hydrogen-bond acceptors (Lipinski definition) is 5. The van der Waals surface area contributed by atoms with Gasteiger partial charge in [0.25, 0.3) is 0 Å². The summed E-state index contributed by atoms with van der Waals surface area (Å²) in [5, 5.41) is 2.74. The number of ether oxygens (including phenoxy) is 3. The highest BCUT2D eigenvalue weighted by atomic mass is 16.5. The summed E-state index contributed by atoms with van der Waals surface area (Å²) in [6.45, 7) is 1.000. The van der Waals surface area contributed by atoms with Crippen molar-refractivity contribution in [2.24, 2.45) is 0 Å². The van der Waals surface area contributed by atoms with Gasteiger partial charge in [-0.25, -0.2) is 0 Å². The molecule has 0 aromatic heterocycles. The molecule has 0 saturated heterocycles. The second-order valence-electron chi connectivity index (χ2n) is 6.47. The van der Waals surface area contributed by atoms with Crippen LogP contribution in [0.4, 0.5) is 5.69 Å². The van der Waals surface area contributed by atoms with Gasteiger partial charge in [-0.2, -0.15) is 0 Å². The monoisotopic (exact) mass is 384 g/mol. The Morgan fingerprint density at radius 3 is 2.29 bits per heavy atom. The van der Waals surface area contributed by atoms with Gasteiger partial charge < -0.3 is 24.4 Å². The van der Waals surface area contributed by atoms with Gasteiger partial charge in [-0.05, 0) is 41.8 Å². The Morgan fingerprint density at radius 1 is 0.964 bits per heavy atom. The third kappa shape index (κ3) is 4.19. The lowest BCUT2D eigenvalue weighted by atomic mass is 9.98. The highest BCUT2D eigenvalue weighted by molar-refractivity contribution is 6.04. The van der Waals surface area contributed by atoms with Crippen molar-refractivity contribution in [3.05, 3.63) is 47.5 Å². The van der Waals surface area contributed by atoms with Crippen LogP contribution in [-0.4, -0.2) is 44.6 Å². The van der Waals surface area contributed by atoms with E-state index in [0.717, 1.165) is 11.1 Å². The number of carbonyl (C=O) groups is 2. The molecule has 1 N–H and O–H groups in total. The Bertz CT molecular complexity index is 881. The minimum atomic E-state index is -0.368. The molecule has 7 heteroatoms. The van der Waals surface area contributed by atoms with Crippen LogP contribution in [0.2, 0.25) is 0 Å². The van der Waals surface area contributed by atoms with Crippen molar-refractivity contribution >= 4 is 17.5 Å². The molecule has 28 heavy (non-hydrogen) atoms. The normalized spacial score (nSPS) is 12.8. The molecule has 2 amide bonds. The minimum absolute atomic E-state index is 0.215. The number of nitrogens with one attached hydrogen (secondary N) is 1. The second-order valence-corrected chi connectivity index (χ2v) is 6.47. The zero-order valence-corrected chi connectivity index (χ0v) is 16.3. The van der Waals surface area contributed by atoms with E-state index in [1.165, 1.54) is 7.11 Å². The molecule has 0 bridgehead atoms. The van der Waals surface area contributed by atoms with E-state index in [9.17, 15) is 9.59 Å². The van der Waals surface area contributed by atoms with Gasteiger partial charge in [0.1, 0.15) is 12.2 Å². The molecule has 3 rings (SSSR count). The smallest absolute Gasteiger partial charge is 0.233 e. The zero-order chi connectivity index (χ0) is 20.1. The second kappa shape index (κ2) is 8.65. The largest absolute Gasteiger partial charge is 0.495 e. The summed E-state index contributed by atoms with van der Waals surface area (Å²) in [5.74, 6) is 1.28. The van der Waals surface area contributed by atoms with E-state index in [4.69, 9.17) is 14.2 Å². The van der Waals surface area contributed by atoms with Crippen molar-refractivity contribution in [3.8, 4) is 17.2 Å². The maximum atomic E-state index is 12.6. The number of anilines is 1. The molecule has 2 aromatic carbocycles. The molecule has 0 spiro atoms. The van der Waals surface area contributed by atoms with E-state index in [2.05, 4.69) is 5.32 Å². The van der Waals surface area contributed by atoms with Crippen LogP contribution < -0.4 is 19.5 Å². The summed E-state index contributed by atoms with van der Waals surface area (Å²) < 4.78 is 15.9. The molecule has 148 valence electrons. The van der Waals surface area contributed by atoms with Crippen molar-refractivity contribution in [1.82, 2.24) is 4.90 Å². The summed E-state index contributed by atoms with van der Waals surface area (Å²) >= 11 is 0. The molecule has 0 unspecified atom stereocenters. The Hall–Kier alpha value is -3.22. The SMILES string of the molecule is COc1ccccc1NC(=O)CC(=O)N1CCc2cc(OC)c(OC)cc2C1. The molecule has 0 saturated carbocycles. The molecular formula is C21H24N2O5. The summed E-state index contributed by atoms with van der Waals surface area (Å²) in [6.07, 6.45) is 0.482. The first kappa shape index (κ1) is 19.5. The quantitative estimate of drug-likeness (QED) is 0.775. The summed E-state index contributed by atoms with van der Waals surface area (Å²) in [5.41, 5.74) is 2.67. The van der Waals surface area contributed by atoms with Gasteiger partial charge >= 0.3 is 0 Å². The van der Waals surface area contributed by atoms with Gasteiger partial charge in [-0.3, -0.25) is 9.59 Å². The number of carbonyl (C=O) groups excluding carboxylic acids is 2. The third-order valence-corrected chi connectivity index (χ3v) is 4.76. The fourth-order valence-electron chi connectivity index (χ4n) is 3.29. The van der Waals surface area contributed by atoms with E-state index in [-0.39, 0.29) is 18.2 Å². The highest BCUT2D eigenvalue weighted by Gasteiger charge is 2.24. The lowest BCUT2D eigenvalue weighted by Gasteiger charge is -2.29. The van der Waals surface area contributed by atoms with E-state index in [0.29, 0.717) is 42.4 Å². The Labute approximate surface area is 164 Å². The summed E-state index contributed by atoms with van der Waals surface area (Å²) in [7, 11) is 4.71. The Balaban J connectivity index is 1.65. The Kier molecular flexibility index (Phi) is 6.03. The highest BCUT2D eigenvalue weighted by Crippen LogP contribution is 2.33. The molecule has 0 aliphatic carbocycles. The predicted octanol–water partition coefficient (Wildman–Crippen LogP) is 2.63. The van der Waals surface area contributed by atoms with E-state index in [1.807, 2.05) is 18.2 Å². The van der Waals surface area contributed by atoms with Crippen molar-refractivity contribution in [3.63, 3.8) is 0 Å². The number of amides is 2. The van der Waals surface area contributed by atoms with Crippen LogP contribution in [0.5, 0.6) is 17.2 Å². The van der Waals surface area contributed by atoms with Crippen molar-refractivity contribution < 1.29 is 23.8 Å². The number of nitrogens with zero attached hydrogens (tertiary/aromatic N) is 1. The number of fused-ring (bicyclic) bond motifs is 1. The number of methoxy groups -OCH3 is 3. The maximum absolute atomic E-state index is 12.6. The van der Waals surface area contributed by atoms with Crippen LogP contribution in [0.1, 0.15) is 17.5 Å². The zero-order valence-electron chi connectivity index (χ0n) is 16.3. The van der Waals surface area contributed by atoms with Gasteiger partial charge in [0.2, 0.25) is 11.8 Å². The lowest BCUT2D eigenvalue weighted by Crippen LogP contribution is -2.37. The topological polar surface area (TPSA) is 77.1 Å². The first-order valence-corrected chi connectivity index (χ1v) is 9.00. The van der Waals surface area contributed by atoms with E-state index >= 15 is 0 Å². The van der Waals surface area contributed by atoms with Crippen molar-refractivity contribution in [2.75, 3.05) is 33.2 Å². The minimum Gasteiger partial charge on any atom is -0.495 e. The molecule has 0 atom stereocenters. The van der Waals surface area contributed by atoms with Crippen LogP contribution in [0.15, 0.2) is 36.4 Å². The Morgan fingerprint density at radius 2 is 1.61 bits per heavy atom. The average molecular weight is 384 g/mol. The molecule has 0 fully saturated rings. The van der Waals surface area contributed by atoms with Crippen LogP contribution >= 0.6 is 0 Å². The maximum Gasteiger partial charge on any atom is 0.233 e. The molecule has 1 aliphatic heterocycles. The predicted molar refractivity (Wildman–Crippen MR) is 105 cm³/mol. The van der Waals surface area contributed by atoms with Gasteiger partial charge in [-0.15, -0.1) is 0 Å². The van der Waals surface area contributed by atoms with Crippen LogP contribution in [0.25, 0.3) is 0 Å². The molecule has 7 nitrogen and oxygen atoms in total. The van der Waals surface area contributed by atoms with Gasteiger partial charge in [-0.1, -0.05) is 12.1 Å². The average Bonchev–Trinajstić information content (AvgIpc) is 2.72. The van der Waals surface area contributed by atoms with E-state index in [1.54, 1.807) is 37.3 Å². The number of hydrogen-bond donors (Lipinski definition) is 1. The van der Waals surface area contributed by atoms with Crippen LogP contribution in [-0.2, 0) is 22.6 Å². The van der Waals surface area contributed by atoms with Gasteiger partial charge in [0.05, 0.1) is 27.0 Å². The van der Waals surface area contributed by atoms with Crippen molar-refractivity contribution in [2.45, 2.75) is 19.4 Å². The van der Waals surface area contributed by atoms with Crippen molar-refractivity contribution in [1.29, 1.82) is 0 Å². The standard InChI is InChI=1S/C21H24N2O5/c1-26-17-7-5-4-6-16(17)22-20(24)12-21(25)23-9-8-14-10-18(27-2)19(28-3)11-15(14)13-23/h4-7,10-11H,8-9,12-13H2,1-3H3,(H,22,24). The fraction of sp³-hybridized carbons (Fsp3) is 0.333. The molecule has 1 aliphatic rings. The molecule has 0 radical (unpaired) electrons. The first-order chi connectivity index (χ1) is 13.5. The third-order valence-electron chi connectivity index (χ3n) is 4.76. The fourth-order valence-corrected chi connectivity index (χ4v) is 3.29. The van der Waals surface area contributed by atoms with Crippen LogP contribution in [0, 0.1) is 0 Å². The summed E-state index contributed by atoms with van der Waals surface area (Å²) in [6, 6.07) is 10.9. The molecule has 1 heterocycles. The number of rotatable bonds is 6. The van der Waals surface area contributed by atoms with Gasteiger partial charge in [0, 0.05) is 13.1 Å². The van der Waals surface area contributed by atoms with E-state index < -0.39 is 0 Å². The first-order valence-electron chi connectivity index (χ1n) is 9.00. The van der Waals surface area contributed by atoms with Gasteiger partial charge in [0.15, 0.2) is 11.5 Å². The number of para-hydroxylation sites is 2. The molecule has 2 aromatic rings. The molecular weight excluding hydrogens is 360 g/mol. The van der Waals surface area contributed by atoms with Crippen LogP contribution in [0.3, 0.4) is 0 Å². The summed E-state index contributed by atoms with van der Waals surface area (Å²) in [4.78, 5) is 26.6. The number of benzene rings is 2.